The number of amides is 1. The van der Waals surface area contributed by atoms with Crippen LogP contribution >= 0.6 is 11.3 Å². The number of ether oxygens (including phenoxy) is 3. The first-order valence-electron chi connectivity index (χ1n) is 8.88. The summed E-state index contributed by atoms with van der Waals surface area (Å²) in [6.45, 7) is 2.02. The maximum Gasteiger partial charge on any atom is 0.256 e. The van der Waals surface area contributed by atoms with E-state index in [-0.39, 0.29) is 12.1 Å². The highest BCUT2D eigenvalue weighted by Crippen LogP contribution is 2.43. The number of carbonyl (C=O) groups is 1. The smallest absolute Gasteiger partial charge is 0.256 e. The Balaban J connectivity index is 1.71. The highest BCUT2D eigenvalue weighted by Gasteiger charge is 2.34. The summed E-state index contributed by atoms with van der Waals surface area (Å²) < 4.78 is 16.3. The van der Waals surface area contributed by atoms with Crippen LogP contribution in [0.5, 0.6) is 17.2 Å². The van der Waals surface area contributed by atoms with Gasteiger partial charge in [0.25, 0.3) is 5.91 Å². The Morgan fingerprint density at radius 2 is 1.81 bits per heavy atom. The van der Waals surface area contributed by atoms with E-state index in [1.54, 1.807) is 32.7 Å². The van der Waals surface area contributed by atoms with E-state index in [4.69, 9.17) is 14.2 Å². The fraction of sp³-hybridized carbons (Fsp3) is 0.421. The van der Waals surface area contributed by atoms with Gasteiger partial charge in [-0.1, -0.05) is 0 Å². The molecule has 2 aliphatic rings. The van der Waals surface area contributed by atoms with Crippen LogP contribution in [0.4, 0.5) is 5.00 Å². The lowest BCUT2D eigenvalue weighted by Crippen LogP contribution is -3.08. The molecule has 7 nitrogen and oxygen atoms in total. The number of likely N-dealkylation sites (N-methyl/N-ethyl adjacent to an activating group) is 1. The van der Waals surface area contributed by atoms with E-state index in [9.17, 15) is 4.79 Å². The second-order valence-electron chi connectivity index (χ2n) is 6.85. The van der Waals surface area contributed by atoms with E-state index in [0.29, 0.717) is 17.2 Å². The molecule has 2 unspecified atom stereocenters. The van der Waals surface area contributed by atoms with E-state index in [2.05, 4.69) is 17.7 Å². The quantitative estimate of drug-likeness (QED) is 0.732. The van der Waals surface area contributed by atoms with Gasteiger partial charge in [-0.2, -0.15) is 0 Å². The number of benzene rings is 1. The van der Waals surface area contributed by atoms with Crippen LogP contribution in [0.1, 0.15) is 32.5 Å². The van der Waals surface area contributed by atoms with Gasteiger partial charge in [0.1, 0.15) is 17.7 Å². The van der Waals surface area contributed by atoms with Gasteiger partial charge in [0.05, 0.1) is 45.4 Å². The second kappa shape index (κ2) is 6.94. The van der Waals surface area contributed by atoms with Crippen molar-refractivity contribution in [1.82, 2.24) is 5.32 Å². The van der Waals surface area contributed by atoms with E-state index in [1.807, 2.05) is 12.1 Å². The van der Waals surface area contributed by atoms with Gasteiger partial charge in [0, 0.05) is 12.0 Å². The number of anilines is 1. The maximum absolute atomic E-state index is 12.9. The average molecular weight is 390 g/mol. The van der Waals surface area contributed by atoms with Crippen LogP contribution in [0.25, 0.3) is 0 Å². The Bertz CT molecular complexity index is 870. The summed E-state index contributed by atoms with van der Waals surface area (Å²) in [4.78, 5) is 15.7. The summed E-state index contributed by atoms with van der Waals surface area (Å²) in [5.74, 6) is 1.62. The van der Waals surface area contributed by atoms with E-state index in [1.165, 1.54) is 15.3 Å². The predicted octanol–water partition coefficient (Wildman–Crippen LogP) is 1.20. The third-order valence-corrected chi connectivity index (χ3v) is 6.32. The van der Waals surface area contributed by atoms with Crippen LogP contribution in [0.3, 0.4) is 0 Å². The van der Waals surface area contributed by atoms with Crippen molar-refractivity contribution >= 4 is 22.2 Å². The van der Waals surface area contributed by atoms with Gasteiger partial charge in [-0.25, -0.2) is 0 Å². The zero-order valence-corrected chi connectivity index (χ0v) is 16.7. The first-order valence-corrected chi connectivity index (χ1v) is 9.70. The highest BCUT2D eigenvalue weighted by atomic mass is 32.1. The number of methoxy groups -OCH3 is 3. The van der Waals surface area contributed by atoms with Gasteiger partial charge in [-0.05, 0) is 17.7 Å². The average Bonchev–Trinajstić information content (AvgIpc) is 3.04. The number of hydrogen-bond acceptors (Lipinski definition) is 6. The summed E-state index contributed by atoms with van der Waals surface area (Å²) in [5, 5.41) is 7.50. The molecule has 0 fully saturated rings. The zero-order valence-electron chi connectivity index (χ0n) is 15.9. The maximum atomic E-state index is 12.9. The first kappa shape index (κ1) is 17.9. The number of nitrogens with one attached hydrogen (secondary N) is 3. The van der Waals surface area contributed by atoms with Crippen molar-refractivity contribution in [3.63, 3.8) is 0 Å². The molecule has 3 N–H and O–H groups in total. The van der Waals surface area contributed by atoms with Crippen molar-refractivity contribution in [2.75, 3.05) is 40.2 Å². The van der Waals surface area contributed by atoms with Gasteiger partial charge in [-0.3, -0.25) is 4.79 Å². The molecule has 2 aromatic rings. The van der Waals surface area contributed by atoms with Crippen LogP contribution in [-0.2, 0) is 13.0 Å². The van der Waals surface area contributed by atoms with Gasteiger partial charge in [-0.15, -0.1) is 11.3 Å². The van der Waals surface area contributed by atoms with Gasteiger partial charge in [0.2, 0.25) is 5.75 Å². The molecule has 1 aromatic heterocycles. The number of fused-ring (bicyclic) bond motifs is 3. The Morgan fingerprint density at radius 1 is 1.11 bits per heavy atom. The van der Waals surface area contributed by atoms with Crippen molar-refractivity contribution in [1.29, 1.82) is 0 Å². The molecule has 0 saturated heterocycles. The molecule has 0 radical (unpaired) electrons. The molecule has 27 heavy (non-hydrogen) atoms. The SMILES string of the molecule is COc1cc(C2NC(=O)c3c(sc4c3CC[NH+](C)C4)N2)cc(OC)c1OC. The van der Waals surface area contributed by atoms with Crippen LogP contribution in [0.15, 0.2) is 12.1 Å². The number of hydrogen-bond donors (Lipinski definition) is 3. The summed E-state index contributed by atoms with van der Waals surface area (Å²) in [5.41, 5.74) is 2.86. The van der Waals surface area contributed by atoms with Crippen molar-refractivity contribution in [3.8, 4) is 17.2 Å². The van der Waals surface area contributed by atoms with Crippen molar-refractivity contribution in [2.45, 2.75) is 19.1 Å². The van der Waals surface area contributed by atoms with E-state index in [0.717, 1.165) is 35.6 Å². The molecule has 4 rings (SSSR count). The molecule has 3 heterocycles. The Kier molecular flexibility index (Phi) is 4.61. The molecular weight excluding hydrogens is 366 g/mol. The van der Waals surface area contributed by atoms with E-state index < -0.39 is 0 Å². The minimum atomic E-state index is -0.358. The fourth-order valence-electron chi connectivity index (χ4n) is 3.77. The lowest BCUT2D eigenvalue weighted by Gasteiger charge is -2.28. The van der Waals surface area contributed by atoms with Crippen molar-refractivity contribution in [3.05, 3.63) is 33.7 Å². The molecule has 2 atom stereocenters. The lowest BCUT2D eigenvalue weighted by atomic mass is 10.0. The first-order chi connectivity index (χ1) is 13.0. The molecule has 1 aromatic carbocycles. The second-order valence-corrected chi connectivity index (χ2v) is 7.96. The molecule has 1 amide bonds. The van der Waals surface area contributed by atoms with Crippen LogP contribution < -0.4 is 29.7 Å². The van der Waals surface area contributed by atoms with E-state index >= 15 is 0 Å². The normalized spacial score (nSPS) is 20.8. The summed E-state index contributed by atoms with van der Waals surface area (Å²) >= 11 is 1.69. The molecule has 2 aliphatic heterocycles. The number of carbonyl (C=O) groups excluding carboxylic acids is 1. The van der Waals surface area contributed by atoms with Gasteiger partial charge >= 0.3 is 0 Å². The largest absolute Gasteiger partial charge is 0.493 e. The van der Waals surface area contributed by atoms with Crippen molar-refractivity contribution < 1.29 is 23.9 Å². The number of rotatable bonds is 4. The molecule has 0 aliphatic carbocycles. The third-order valence-electron chi connectivity index (χ3n) is 5.15. The molecular formula is C19H24N3O4S+. The highest BCUT2D eigenvalue weighted by molar-refractivity contribution is 7.16. The van der Waals surface area contributed by atoms with Crippen LogP contribution in [0, 0.1) is 0 Å². The number of quaternary nitrogens is 1. The Morgan fingerprint density at radius 3 is 2.44 bits per heavy atom. The van der Waals surface area contributed by atoms with Gasteiger partial charge in [0.15, 0.2) is 11.5 Å². The fourth-order valence-corrected chi connectivity index (χ4v) is 5.15. The Hall–Kier alpha value is -2.45. The predicted molar refractivity (Wildman–Crippen MR) is 103 cm³/mol. The minimum Gasteiger partial charge on any atom is -0.493 e. The lowest BCUT2D eigenvalue weighted by molar-refractivity contribution is -0.895. The molecule has 8 heteroatoms. The monoisotopic (exact) mass is 390 g/mol. The third kappa shape index (κ3) is 2.98. The van der Waals surface area contributed by atoms with Crippen molar-refractivity contribution in [2.24, 2.45) is 0 Å². The summed E-state index contributed by atoms with van der Waals surface area (Å²) in [6.07, 6.45) is 0.584. The minimum absolute atomic E-state index is 0.0282. The Labute approximate surface area is 162 Å². The van der Waals surface area contributed by atoms with Crippen LogP contribution in [0.2, 0.25) is 0 Å². The topological polar surface area (TPSA) is 73.3 Å². The number of thiophene rings is 1. The molecule has 144 valence electrons. The molecule has 0 bridgehead atoms. The summed E-state index contributed by atoms with van der Waals surface area (Å²) in [6, 6.07) is 3.71. The zero-order chi connectivity index (χ0) is 19.1. The molecule has 0 saturated carbocycles. The summed E-state index contributed by atoms with van der Waals surface area (Å²) in [7, 11) is 6.92. The molecule has 0 spiro atoms. The standard InChI is InChI=1S/C19H23N3O4S/c1-22-6-5-11-14(9-22)27-19-15(11)18(23)20-17(21-19)10-7-12(24-2)16(26-4)13(8-10)25-3/h7-8,17,21H,5-6,9H2,1-4H3,(H,20,23)/p+1. The van der Waals surface area contributed by atoms with Gasteiger partial charge < -0.3 is 29.7 Å². The van der Waals surface area contributed by atoms with Crippen LogP contribution in [-0.4, -0.2) is 40.8 Å².